The van der Waals surface area contributed by atoms with Crippen LogP contribution >= 0.6 is 0 Å². The second-order valence-electron chi connectivity index (χ2n) is 6.54. The number of anilines is 1. The summed E-state index contributed by atoms with van der Waals surface area (Å²) in [4.78, 5) is 26.6. The summed E-state index contributed by atoms with van der Waals surface area (Å²) < 4.78 is 5.29. The lowest BCUT2D eigenvalue weighted by Crippen LogP contribution is -2.51. The summed E-state index contributed by atoms with van der Waals surface area (Å²) in [5, 5.41) is 6.09. The Morgan fingerprint density at radius 3 is 2.46 bits per heavy atom. The van der Waals surface area contributed by atoms with E-state index in [1.54, 1.807) is 14.2 Å². The van der Waals surface area contributed by atoms with Crippen LogP contribution in [-0.2, 0) is 14.3 Å². The molecule has 1 heterocycles. The van der Waals surface area contributed by atoms with Crippen molar-refractivity contribution in [2.75, 3.05) is 45.7 Å². The van der Waals surface area contributed by atoms with Crippen LogP contribution in [0.5, 0.6) is 0 Å². The second kappa shape index (κ2) is 8.26. The molecular formula is C18H27N3O3. The van der Waals surface area contributed by atoms with Gasteiger partial charge in [0.15, 0.2) is 0 Å². The average molecular weight is 333 g/mol. The fourth-order valence-electron chi connectivity index (χ4n) is 3.13. The molecule has 2 rings (SSSR count). The number of carbonyl (C=O) groups is 2. The highest BCUT2D eigenvalue weighted by Gasteiger charge is 2.41. The van der Waals surface area contributed by atoms with Crippen LogP contribution in [0.15, 0.2) is 24.3 Å². The molecule has 6 heteroatoms. The minimum atomic E-state index is -0.529. The Bertz CT molecular complexity index is 560. The van der Waals surface area contributed by atoms with Gasteiger partial charge in [0.2, 0.25) is 11.8 Å². The predicted molar refractivity (Wildman–Crippen MR) is 93.9 cm³/mol. The number of hydrogen-bond acceptors (Lipinski definition) is 4. The third-order valence-corrected chi connectivity index (χ3v) is 4.50. The van der Waals surface area contributed by atoms with Crippen molar-refractivity contribution in [2.24, 2.45) is 5.41 Å². The highest BCUT2D eigenvalue weighted by Crippen LogP contribution is 2.31. The average Bonchev–Trinajstić information content (AvgIpc) is 2.57. The van der Waals surface area contributed by atoms with Gasteiger partial charge in [0.05, 0.1) is 18.6 Å². The van der Waals surface area contributed by atoms with Gasteiger partial charge in [0, 0.05) is 19.8 Å². The molecule has 0 spiro atoms. The number of nitrogens with one attached hydrogen (secondary N) is 2. The Hall–Kier alpha value is -1.92. The van der Waals surface area contributed by atoms with Crippen molar-refractivity contribution in [3.05, 3.63) is 29.8 Å². The lowest BCUT2D eigenvalue weighted by atomic mass is 9.78. The first kappa shape index (κ1) is 18.4. The molecular weight excluding hydrogens is 306 g/mol. The first-order valence-electron chi connectivity index (χ1n) is 8.28. The topological polar surface area (TPSA) is 70.7 Å². The van der Waals surface area contributed by atoms with Gasteiger partial charge >= 0.3 is 0 Å². The smallest absolute Gasteiger partial charge is 0.243 e. The van der Waals surface area contributed by atoms with E-state index < -0.39 is 5.41 Å². The SMILES string of the molecule is COCC1(C(=O)N(C)CC(=O)Nc2ccc(C)cc2)CCNCC1. The summed E-state index contributed by atoms with van der Waals surface area (Å²) in [6.45, 7) is 3.99. The van der Waals surface area contributed by atoms with Gasteiger partial charge in [-0.3, -0.25) is 9.59 Å². The third kappa shape index (κ3) is 4.55. The molecule has 0 saturated carbocycles. The molecule has 6 nitrogen and oxygen atoms in total. The van der Waals surface area contributed by atoms with E-state index in [9.17, 15) is 9.59 Å². The van der Waals surface area contributed by atoms with E-state index in [4.69, 9.17) is 4.74 Å². The van der Waals surface area contributed by atoms with Gasteiger partial charge in [0.25, 0.3) is 0 Å². The number of benzene rings is 1. The second-order valence-corrected chi connectivity index (χ2v) is 6.54. The summed E-state index contributed by atoms with van der Waals surface area (Å²) in [7, 11) is 3.29. The number of methoxy groups -OCH3 is 1. The summed E-state index contributed by atoms with van der Waals surface area (Å²) in [6.07, 6.45) is 1.45. The maximum Gasteiger partial charge on any atom is 0.243 e. The van der Waals surface area contributed by atoms with Crippen LogP contribution in [0.2, 0.25) is 0 Å². The molecule has 1 saturated heterocycles. The van der Waals surface area contributed by atoms with E-state index in [1.165, 1.54) is 4.90 Å². The number of amides is 2. The molecule has 0 unspecified atom stereocenters. The monoisotopic (exact) mass is 333 g/mol. The first-order chi connectivity index (χ1) is 11.5. The van der Waals surface area contributed by atoms with Crippen molar-refractivity contribution >= 4 is 17.5 Å². The normalized spacial score (nSPS) is 16.5. The highest BCUT2D eigenvalue weighted by atomic mass is 16.5. The minimum Gasteiger partial charge on any atom is -0.384 e. The van der Waals surface area contributed by atoms with Gasteiger partial charge in [-0.15, -0.1) is 0 Å². The molecule has 0 aliphatic carbocycles. The highest BCUT2D eigenvalue weighted by molar-refractivity contribution is 5.95. The maximum absolute atomic E-state index is 12.9. The van der Waals surface area contributed by atoms with Gasteiger partial charge in [0.1, 0.15) is 0 Å². The molecule has 1 aromatic carbocycles. The predicted octanol–water partition coefficient (Wildman–Crippen LogP) is 1.41. The number of nitrogens with zero attached hydrogens (tertiary/aromatic N) is 1. The number of hydrogen-bond donors (Lipinski definition) is 2. The van der Waals surface area contributed by atoms with Crippen LogP contribution in [0.1, 0.15) is 18.4 Å². The number of piperidine rings is 1. The molecule has 0 atom stereocenters. The zero-order chi connectivity index (χ0) is 17.6. The third-order valence-electron chi connectivity index (χ3n) is 4.50. The molecule has 1 aliphatic heterocycles. The molecule has 132 valence electrons. The van der Waals surface area contributed by atoms with E-state index in [2.05, 4.69) is 10.6 Å². The van der Waals surface area contributed by atoms with Crippen LogP contribution in [0, 0.1) is 12.3 Å². The molecule has 1 aliphatic rings. The van der Waals surface area contributed by atoms with Crippen LogP contribution in [0.3, 0.4) is 0 Å². The zero-order valence-electron chi connectivity index (χ0n) is 14.7. The van der Waals surface area contributed by atoms with Crippen molar-refractivity contribution in [1.82, 2.24) is 10.2 Å². The van der Waals surface area contributed by atoms with Gasteiger partial charge in [-0.2, -0.15) is 0 Å². The van der Waals surface area contributed by atoms with Crippen molar-refractivity contribution < 1.29 is 14.3 Å². The number of likely N-dealkylation sites (N-methyl/N-ethyl adjacent to an activating group) is 1. The Balaban J connectivity index is 1.96. The van der Waals surface area contributed by atoms with E-state index in [-0.39, 0.29) is 18.4 Å². The van der Waals surface area contributed by atoms with Gasteiger partial charge in [-0.05, 0) is 45.0 Å². The van der Waals surface area contributed by atoms with Gasteiger partial charge in [-0.1, -0.05) is 17.7 Å². The summed E-state index contributed by atoms with van der Waals surface area (Å²) >= 11 is 0. The number of carbonyl (C=O) groups excluding carboxylic acids is 2. The Morgan fingerprint density at radius 2 is 1.88 bits per heavy atom. The Labute approximate surface area is 143 Å². The van der Waals surface area contributed by atoms with Crippen molar-refractivity contribution in [2.45, 2.75) is 19.8 Å². The van der Waals surface area contributed by atoms with E-state index >= 15 is 0 Å². The lowest BCUT2D eigenvalue weighted by molar-refractivity contribution is -0.147. The van der Waals surface area contributed by atoms with Crippen molar-refractivity contribution in [3.63, 3.8) is 0 Å². The minimum absolute atomic E-state index is 0.0232. The van der Waals surface area contributed by atoms with Crippen LogP contribution in [-0.4, -0.2) is 57.1 Å². The Morgan fingerprint density at radius 1 is 1.25 bits per heavy atom. The van der Waals surface area contributed by atoms with Crippen molar-refractivity contribution in [1.29, 1.82) is 0 Å². The summed E-state index contributed by atoms with van der Waals surface area (Å²) in [6, 6.07) is 7.59. The zero-order valence-corrected chi connectivity index (χ0v) is 14.7. The fraction of sp³-hybridized carbons (Fsp3) is 0.556. The first-order valence-corrected chi connectivity index (χ1v) is 8.28. The largest absolute Gasteiger partial charge is 0.384 e. The van der Waals surface area contributed by atoms with Gasteiger partial charge < -0.3 is 20.3 Å². The lowest BCUT2D eigenvalue weighted by Gasteiger charge is -2.38. The summed E-state index contributed by atoms with van der Waals surface area (Å²) in [5.41, 5.74) is 1.34. The van der Waals surface area contributed by atoms with E-state index in [0.717, 1.165) is 37.2 Å². The molecule has 2 N–H and O–H groups in total. The van der Waals surface area contributed by atoms with Crippen LogP contribution < -0.4 is 10.6 Å². The molecule has 24 heavy (non-hydrogen) atoms. The van der Waals surface area contributed by atoms with E-state index in [0.29, 0.717) is 6.61 Å². The molecule has 0 bridgehead atoms. The molecule has 1 fully saturated rings. The number of ether oxygens (including phenoxy) is 1. The quantitative estimate of drug-likeness (QED) is 0.826. The fourth-order valence-corrected chi connectivity index (χ4v) is 3.13. The molecule has 0 aromatic heterocycles. The standard InChI is InChI=1S/C18H27N3O3/c1-14-4-6-15(7-5-14)20-16(22)12-21(2)17(23)18(13-24-3)8-10-19-11-9-18/h4-7,19H,8-13H2,1-3H3,(H,20,22). The molecule has 0 radical (unpaired) electrons. The Kier molecular flexibility index (Phi) is 6.34. The summed E-state index contributed by atoms with van der Waals surface area (Å²) in [5.74, 6) is -0.221. The maximum atomic E-state index is 12.9. The van der Waals surface area contributed by atoms with Crippen LogP contribution in [0.4, 0.5) is 5.69 Å². The van der Waals surface area contributed by atoms with E-state index in [1.807, 2.05) is 31.2 Å². The molecule has 2 amide bonds. The van der Waals surface area contributed by atoms with Crippen LogP contribution in [0.25, 0.3) is 0 Å². The van der Waals surface area contributed by atoms with Crippen molar-refractivity contribution in [3.8, 4) is 0 Å². The molecule has 1 aromatic rings. The number of rotatable bonds is 6. The number of aryl methyl sites for hydroxylation is 1. The van der Waals surface area contributed by atoms with Gasteiger partial charge in [-0.25, -0.2) is 0 Å².